The highest BCUT2D eigenvalue weighted by Gasteiger charge is 2.44. The van der Waals surface area contributed by atoms with Crippen molar-refractivity contribution in [2.75, 3.05) is 19.6 Å². The lowest BCUT2D eigenvalue weighted by Gasteiger charge is -2.32. The molecule has 23 heavy (non-hydrogen) atoms. The fourth-order valence-electron chi connectivity index (χ4n) is 5.07. The van der Waals surface area contributed by atoms with E-state index in [9.17, 15) is 0 Å². The summed E-state index contributed by atoms with van der Waals surface area (Å²) in [6, 6.07) is 11.1. The summed E-state index contributed by atoms with van der Waals surface area (Å²) >= 11 is 0. The Kier molecular flexibility index (Phi) is 3.27. The summed E-state index contributed by atoms with van der Waals surface area (Å²) in [4.78, 5) is 2.66. The first kappa shape index (κ1) is 13.8. The van der Waals surface area contributed by atoms with Crippen molar-refractivity contribution in [1.29, 1.82) is 0 Å². The minimum Gasteiger partial charge on any atom is -0.297 e. The van der Waals surface area contributed by atoms with Gasteiger partial charge in [-0.1, -0.05) is 30.3 Å². The molecule has 2 aliphatic heterocycles. The number of nitrogens with zero attached hydrogens (tertiary/aromatic N) is 2. The summed E-state index contributed by atoms with van der Waals surface area (Å²) in [5.74, 6) is 2.50. The fraction of sp³-hybridized carbons (Fsp3) is 0.526. The number of rotatable bonds is 2. The SMILES string of the molecule is c1ccc(C2CC3CN(C4NCCc5[nH]ncc54)CC3C2)cc1. The second-order valence-electron chi connectivity index (χ2n) is 7.46. The van der Waals surface area contributed by atoms with Gasteiger partial charge in [0.2, 0.25) is 0 Å². The van der Waals surface area contributed by atoms with Gasteiger partial charge in [0.05, 0.1) is 12.4 Å². The predicted molar refractivity (Wildman–Crippen MR) is 90.0 cm³/mol. The summed E-state index contributed by atoms with van der Waals surface area (Å²) in [6.45, 7) is 3.52. The topological polar surface area (TPSA) is 44.0 Å². The van der Waals surface area contributed by atoms with E-state index in [1.807, 2.05) is 6.20 Å². The van der Waals surface area contributed by atoms with Crippen molar-refractivity contribution >= 4 is 0 Å². The van der Waals surface area contributed by atoms with Crippen molar-refractivity contribution in [2.45, 2.75) is 31.3 Å². The van der Waals surface area contributed by atoms with Crippen LogP contribution in [0.4, 0.5) is 0 Å². The quantitative estimate of drug-likeness (QED) is 0.896. The van der Waals surface area contributed by atoms with E-state index in [-0.39, 0.29) is 0 Å². The largest absolute Gasteiger partial charge is 0.297 e. The molecular weight excluding hydrogens is 284 g/mol. The van der Waals surface area contributed by atoms with Crippen molar-refractivity contribution in [3.8, 4) is 0 Å². The molecule has 3 heterocycles. The standard InChI is InChI=1S/C19H24N4/c1-2-4-13(5-3-1)14-8-15-11-23(12-16(15)9-14)19-17-10-21-22-18(17)6-7-20-19/h1-5,10,14-16,19-20H,6-9,11-12H2,(H,21,22). The van der Waals surface area contributed by atoms with E-state index >= 15 is 0 Å². The molecule has 0 spiro atoms. The number of nitrogens with one attached hydrogen (secondary N) is 2. The molecule has 1 saturated carbocycles. The van der Waals surface area contributed by atoms with Gasteiger partial charge in [-0.2, -0.15) is 5.10 Å². The summed E-state index contributed by atoms with van der Waals surface area (Å²) in [7, 11) is 0. The number of likely N-dealkylation sites (tertiary alicyclic amines) is 1. The summed E-state index contributed by atoms with van der Waals surface area (Å²) in [5, 5.41) is 11.1. The molecule has 3 atom stereocenters. The molecule has 2 aromatic rings. The van der Waals surface area contributed by atoms with Crippen LogP contribution in [0, 0.1) is 11.8 Å². The van der Waals surface area contributed by atoms with Gasteiger partial charge in [-0.25, -0.2) is 0 Å². The van der Waals surface area contributed by atoms with Crippen molar-refractivity contribution < 1.29 is 0 Å². The number of aromatic nitrogens is 2. The van der Waals surface area contributed by atoms with Crippen molar-refractivity contribution in [2.24, 2.45) is 11.8 Å². The smallest absolute Gasteiger partial charge is 0.0894 e. The zero-order valence-corrected chi connectivity index (χ0v) is 13.4. The third-order valence-electron chi connectivity index (χ3n) is 6.17. The Morgan fingerprint density at radius 1 is 1.04 bits per heavy atom. The van der Waals surface area contributed by atoms with E-state index in [1.54, 1.807) is 5.56 Å². The van der Waals surface area contributed by atoms with Gasteiger partial charge < -0.3 is 0 Å². The summed E-state index contributed by atoms with van der Waals surface area (Å²) < 4.78 is 0. The van der Waals surface area contributed by atoms with E-state index in [4.69, 9.17) is 0 Å². The highest BCUT2D eigenvalue weighted by atomic mass is 15.3. The molecule has 1 aromatic carbocycles. The maximum atomic E-state index is 4.26. The Labute approximate surface area is 137 Å². The first-order valence-corrected chi connectivity index (χ1v) is 8.93. The van der Waals surface area contributed by atoms with Crippen molar-refractivity contribution in [3.63, 3.8) is 0 Å². The number of benzene rings is 1. The minimum absolute atomic E-state index is 0.373. The summed E-state index contributed by atoms with van der Waals surface area (Å²) in [6.07, 6.45) is 6.18. The molecule has 4 nitrogen and oxygen atoms in total. The molecular formula is C19H24N4. The lowest BCUT2D eigenvalue weighted by molar-refractivity contribution is 0.182. The number of fused-ring (bicyclic) bond motifs is 2. The Balaban J connectivity index is 1.30. The maximum absolute atomic E-state index is 4.26. The van der Waals surface area contributed by atoms with Crippen LogP contribution in [0.5, 0.6) is 0 Å². The van der Waals surface area contributed by atoms with Crippen molar-refractivity contribution in [1.82, 2.24) is 20.4 Å². The number of aromatic amines is 1. The Hall–Kier alpha value is -1.65. The predicted octanol–water partition coefficient (Wildman–Crippen LogP) is 2.68. The fourth-order valence-corrected chi connectivity index (χ4v) is 5.07. The molecule has 2 N–H and O–H groups in total. The number of hydrogen-bond donors (Lipinski definition) is 2. The number of hydrogen-bond acceptors (Lipinski definition) is 3. The molecule has 4 heteroatoms. The molecule has 2 fully saturated rings. The van der Waals surface area contributed by atoms with Gasteiger partial charge in [-0.15, -0.1) is 0 Å². The third-order valence-corrected chi connectivity index (χ3v) is 6.17. The lowest BCUT2D eigenvalue weighted by Crippen LogP contribution is -2.41. The Morgan fingerprint density at radius 3 is 2.61 bits per heavy atom. The van der Waals surface area contributed by atoms with Gasteiger partial charge in [0.1, 0.15) is 0 Å². The van der Waals surface area contributed by atoms with Crippen LogP contribution >= 0.6 is 0 Å². The van der Waals surface area contributed by atoms with Gasteiger partial charge in [0.15, 0.2) is 0 Å². The average Bonchev–Trinajstić information content (AvgIpc) is 3.29. The Morgan fingerprint density at radius 2 is 1.83 bits per heavy atom. The van der Waals surface area contributed by atoms with Crippen molar-refractivity contribution in [3.05, 3.63) is 53.3 Å². The molecule has 0 amide bonds. The normalized spacial score (nSPS) is 33.6. The van der Waals surface area contributed by atoms with E-state index in [0.717, 1.165) is 30.7 Å². The Bertz CT molecular complexity index is 666. The second-order valence-corrected chi connectivity index (χ2v) is 7.46. The van der Waals surface area contributed by atoms with Crippen LogP contribution < -0.4 is 5.32 Å². The molecule has 1 aromatic heterocycles. The van der Waals surface area contributed by atoms with Crippen LogP contribution in [0.3, 0.4) is 0 Å². The van der Waals surface area contributed by atoms with Gasteiger partial charge >= 0.3 is 0 Å². The molecule has 0 bridgehead atoms. The van der Waals surface area contributed by atoms with Gasteiger partial charge in [0, 0.05) is 37.3 Å². The highest BCUT2D eigenvalue weighted by Crippen LogP contribution is 2.47. The van der Waals surface area contributed by atoms with Crippen LogP contribution in [0.15, 0.2) is 36.5 Å². The van der Waals surface area contributed by atoms with Gasteiger partial charge in [0.25, 0.3) is 0 Å². The van der Waals surface area contributed by atoms with E-state index in [2.05, 4.69) is 50.7 Å². The molecule has 3 unspecified atom stereocenters. The van der Waals surface area contributed by atoms with E-state index < -0.39 is 0 Å². The molecule has 0 radical (unpaired) electrons. The van der Waals surface area contributed by atoms with Crippen LogP contribution in [0.25, 0.3) is 0 Å². The summed E-state index contributed by atoms with van der Waals surface area (Å²) in [5.41, 5.74) is 4.24. The molecule has 120 valence electrons. The maximum Gasteiger partial charge on any atom is 0.0894 e. The monoisotopic (exact) mass is 308 g/mol. The molecule has 1 aliphatic carbocycles. The third kappa shape index (κ3) is 2.32. The van der Waals surface area contributed by atoms with E-state index in [1.165, 1.54) is 37.2 Å². The molecule has 1 saturated heterocycles. The average molecular weight is 308 g/mol. The minimum atomic E-state index is 0.373. The van der Waals surface area contributed by atoms with Gasteiger partial charge in [-0.3, -0.25) is 15.3 Å². The highest BCUT2D eigenvalue weighted by molar-refractivity contribution is 5.25. The number of H-pyrrole nitrogens is 1. The molecule has 3 aliphatic rings. The zero-order chi connectivity index (χ0) is 15.2. The van der Waals surface area contributed by atoms with Gasteiger partial charge in [-0.05, 0) is 36.2 Å². The second kappa shape index (κ2) is 5.46. The first-order chi connectivity index (χ1) is 11.4. The first-order valence-electron chi connectivity index (χ1n) is 8.93. The lowest BCUT2D eigenvalue weighted by atomic mass is 9.96. The van der Waals surface area contributed by atoms with Crippen LogP contribution in [-0.2, 0) is 6.42 Å². The van der Waals surface area contributed by atoms with Crippen LogP contribution in [-0.4, -0.2) is 34.7 Å². The van der Waals surface area contributed by atoms with E-state index in [0.29, 0.717) is 6.17 Å². The van der Waals surface area contributed by atoms with Crippen LogP contribution in [0.1, 0.15) is 41.7 Å². The van der Waals surface area contributed by atoms with Crippen LogP contribution in [0.2, 0.25) is 0 Å². The zero-order valence-electron chi connectivity index (χ0n) is 13.4. The molecule has 5 rings (SSSR count).